The summed E-state index contributed by atoms with van der Waals surface area (Å²) in [5.74, 6) is 0. The topological polar surface area (TPSA) is 6.48 Å². The number of thiophene rings is 1. The van der Waals surface area contributed by atoms with Crippen molar-refractivity contribution < 1.29 is 0 Å². The number of benzene rings is 3. The Balaban J connectivity index is 1.91. The lowest BCUT2D eigenvalue weighted by atomic mass is 10.2. The van der Waals surface area contributed by atoms with Crippen molar-refractivity contribution in [2.24, 2.45) is 0 Å². The minimum atomic E-state index is 1.12. The Morgan fingerprint density at radius 3 is 1.28 bits per heavy atom. The highest BCUT2D eigenvalue weighted by Gasteiger charge is 2.21. The second kappa shape index (κ2) is 7.24. The molecule has 0 unspecified atom stereocenters. The van der Waals surface area contributed by atoms with Crippen LogP contribution in [0.2, 0.25) is 0 Å². The van der Waals surface area contributed by atoms with Gasteiger partial charge >= 0.3 is 0 Å². The third-order valence-electron chi connectivity index (χ3n) is 3.92. The third kappa shape index (κ3) is 3.28. The number of nitrogens with zero attached hydrogens (tertiary/aromatic N) is 2. The van der Waals surface area contributed by atoms with E-state index >= 15 is 0 Å². The molecule has 0 aliphatic carbocycles. The normalized spacial score (nSPS) is 10.4. The van der Waals surface area contributed by atoms with E-state index in [0.717, 1.165) is 17.1 Å². The van der Waals surface area contributed by atoms with Gasteiger partial charge in [-0.25, -0.2) is 10.0 Å². The summed E-state index contributed by atoms with van der Waals surface area (Å²) < 4.78 is 0. The predicted molar refractivity (Wildman–Crippen MR) is 108 cm³/mol. The van der Waals surface area contributed by atoms with Gasteiger partial charge in [0, 0.05) is 0 Å². The quantitative estimate of drug-likeness (QED) is 0.375. The molecule has 4 aromatic rings. The molecule has 0 atom stereocenters. The maximum Gasteiger partial charge on any atom is 0.116 e. The summed E-state index contributed by atoms with van der Waals surface area (Å²) in [6, 6.07) is 35.6. The molecule has 0 saturated heterocycles. The first-order valence-corrected chi connectivity index (χ1v) is 9.10. The fourth-order valence-corrected chi connectivity index (χ4v) is 3.56. The molecule has 0 spiro atoms. The molecule has 25 heavy (non-hydrogen) atoms. The summed E-state index contributed by atoms with van der Waals surface area (Å²) in [7, 11) is 0. The second-order valence-electron chi connectivity index (χ2n) is 5.58. The number of hydrazine groups is 1. The number of rotatable bonds is 5. The summed E-state index contributed by atoms with van der Waals surface area (Å²) in [6.45, 7) is 0. The maximum atomic E-state index is 2.26. The Morgan fingerprint density at radius 1 is 0.440 bits per heavy atom. The zero-order valence-corrected chi connectivity index (χ0v) is 14.5. The molecule has 0 aliphatic rings. The van der Waals surface area contributed by atoms with E-state index in [1.165, 1.54) is 5.00 Å². The third-order valence-corrected chi connectivity index (χ3v) is 4.76. The fourth-order valence-electron chi connectivity index (χ4n) is 2.82. The summed E-state index contributed by atoms with van der Waals surface area (Å²) in [5, 5.41) is 7.79. The maximum absolute atomic E-state index is 2.26. The lowest BCUT2D eigenvalue weighted by molar-refractivity contribution is 1.00. The summed E-state index contributed by atoms with van der Waals surface area (Å²) in [6.07, 6.45) is 0. The van der Waals surface area contributed by atoms with Gasteiger partial charge in [-0.2, -0.15) is 0 Å². The van der Waals surface area contributed by atoms with Gasteiger partial charge < -0.3 is 0 Å². The van der Waals surface area contributed by atoms with Gasteiger partial charge in [0.15, 0.2) is 0 Å². The molecular formula is C22H18N2S. The van der Waals surface area contributed by atoms with Crippen molar-refractivity contribution in [3.05, 3.63) is 109 Å². The van der Waals surface area contributed by atoms with Crippen LogP contribution in [0, 0.1) is 0 Å². The van der Waals surface area contributed by atoms with Crippen LogP contribution in [0.15, 0.2) is 109 Å². The predicted octanol–water partition coefficient (Wildman–Crippen LogP) is 6.64. The van der Waals surface area contributed by atoms with Crippen LogP contribution in [0.25, 0.3) is 0 Å². The number of anilines is 4. The van der Waals surface area contributed by atoms with Crippen LogP contribution in [-0.4, -0.2) is 0 Å². The molecule has 0 fully saturated rings. The van der Waals surface area contributed by atoms with Crippen molar-refractivity contribution in [3.63, 3.8) is 0 Å². The number of hydrogen-bond donors (Lipinski definition) is 0. The fraction of sp³-hybridized carbons (Fsp3) is 0. The highest BCUT2D eigenvalue weighted by Crippen LogP contribution is 2.38. The number of para-hydroxylation sites is 3. The average molecular weight is 342 g/mol. The van der Waals surface area contributed by atoms with Gasteiger partial charge in [-0.15, -0.1) is 11.3 Å². The van der Waals surface area contributed by atoms with E-state index in [1.807, 2.05) is 18.2 Å². The van der Waals surface area contributed by atoms with Crippen molar-refractivity contribution >= 4 is 33.4 Å². The van der Waals surface area contributed by atoms with Crippen molar-refractivity contribution in [1.29, 1.82) is 0 Å². The van der Waals surface area contributed by atoms with Crippen molar-refractivity contribution in [1.82, 2.24) is 0 Å². The molecule has 0 aliphatic heterocycles. The van der Waals surface area contributed by atoms with Crippen LogP contribution in [0.3, 0.4) is 0 Å². The van der Waals surface area contributed by atoms with Crippen LogP contribution in [-0.2, 0) is 0 Å². The van der Waals surface area contributed by atoms with Gasteiger partial charge in [0.1, 0.15) is 5.00 Å². The molecule has 0 radical (unpaired) electrons. The van der Waals surface area contributed by atoms with Gasteiger partial charge in [0.05, 0.1) is 17.1 Å². The first-order chi connectivity index (χ1) is 12.4. The van der Waals surface area contributed by atoms with Gasteiger partial charge in [-0.1, -0.05) is 54.6 Å². The molecule has 1 aromatic heterocycles. The molecule has 0 bridgehead atoms. The standard InChI is InChI=1S/C22H18N2S/c1-4-11-19(12-5-1)23(20-13-6-2-7-14-20)24(22-17-10-18-25-22)21-15-8-3-9-16-21/h1-18H. The molecule has 3 aromatic carbocycles. The first-order valence-electron chi connectivity index (χ1n) is 8.22. The van der Waals surface area contributed by atoms with E-state index in [0.29, 0.717) is 0 Å². The van der Waals surface area contributed by atoms with Crippen LogP contribution >= 0.6 is 11.3 Å². The minimum Gasteiger partial charge on any atom is -0.248 e. The largest absolute Gasteiger partial charge is 0.248 e. The lowest BCUT2D eigenvalue weighted by Gasteiger charge is -2.37. The summed E-state index contributed by atoms with van der Waals surface area (Å²) >= 11 is 1.73. The van der Waals surface area contributed by atoms with Crippen LogP contribution in [0.1, 0.15) is 0 Å². The average Bonchev–Trinajstić information content (AvgIpc) is 3.22. The Kier molecular flexibility index (Phi) is 4.49. The Hall–Kier alpha value is -3.04. The Bertz CT molecular complexity index is 851. The monoisotopic (exact) mass is 342 g/mol. The smallest absolute Gasteiger partial charge is 0.116 e. The van der Waals surface area contributed by atoms with E-state index in [1.54, 1.807) is 11.3 Å². The van der Waals surface area contributed by atoms with E-state index in [-0.39, 0.29) is 0 Å². The highest BCUT2D eigenvalue weighted by atomic mass is 32.1. The molecule has 122 valence electrons. The Morgan fingerprint density at radius 2 is 0.880 bits per heavy atom. The molecule has 1 heterocycles. The zero-order chi connectivity index (χ0) is 16.9. The molecule has 4 rings (SSSR count). The zero-order valence-electron chi connectivity index (χ0n) is 13.7. The van der Waals surface area contributed by atoms with Gasteiger partial charge in [0.25, 0.3) is 0 Å². The van der Waals surface area contributed by atoms with Crippen LogP contribution in [0.5, 0.6) is 0 Å². The molecule has 2 nitrogen and oxygen atoms in total. The molecular weight excluding hydrogens is 324 g/mol. The second-order valence-corrected chi connectivity index (χ2v) is 6.51. The summed E-state index contributed by atoms with van der Waals surface area (Å²) in [5.41, 5.74) is 3.36. The van der Waals surface area contributed by atoms with Gasteiger partial charge in [-0.05, 0) is 53.9 Å². The van der Waals surface area contributed by atoms with E-state index in [2.05, 4.69) is 100 Å². The Labute approximate surface area is 152 Å². The first kappa shape index (κ1) is 15.5. The molecule has 0 amide bonds. The van der Waals surface area contributed by atoms with E-state index < -0.39 is 0 Å². The molecule has 0 saturated carbocycles. The van der Waals surface area contributed by atoms with Crippen LogP contribution < -0.4 is 10.0 Å². The van der Waals surface area contributed by atoms with Crippen molar-refractivity contribution in [2.75, 3.05) is 10.0 Å². The minimum absolute atomic E-state index is 1.12. The lowest BCUT2D eigenvalue weighted by Crippen LogP contribution is -2.35. The molecule has 3 heteroatoms. The van der Waals surface area contributed by atoms with Gasteiger partial charge in [-0.3, -0.25) is 0 Å². The van der Waals surface area contributed by atoms with E-state index in [9.17, 15) is 0 Å². The SMILES string of the molecule is c1ccc(N(c2ccccc2)N(c2ccccc2)c2cccs2)cc1. The number of hydrogen-bond acceptors (Lipinski definition) is 3. The highest BCUT2D eigenvalue weighted by molar-refractivity contribution is 7.14. The van der Waals surface area contributed by atoms with Crippen molar-refractivity contribution in [2.45, 2.75) is 0 Å². The van der Waals surface area contributed by atoms with E-state index in [4.69, 9.17) is 0 Å². The van der Waals surface area contributed by atoms with Crippen molar-refractivity contribution in [3.8, 4) is 0 Å². The summed E-state index contributed by atoms with van der Waals surface area (Å²) in [4.78, 5) is 0. The van der Waals surface area contributed by atoms with Crippen LogP contribution in [0.4, 0.5) is 22.1 Å². The molecule has 0 N–H and O–H groups in total. The van der Waals surface area contributed by atoms with Gasteiger partial charge in [0.2, 0.25) is 0 Å².